The van der Waals surface area contributed by atoms with E-state index in [1.807, 2.05) is 13.0 Å². The summed E-state index contributed by atoms with van der Waals surface area (Å²) in [5.41, 5.74) is 0.718. The molecule has 1 aromatic heterocycles. The van der Waals surface area contributed by atoms with E-state index in [-0.39, 0.29) is 11.6 Å². The molecule has 1 aromatic carbocycles. The van der Waals surface area contributed by atoms with Crippen LogP contribution in [0.4, 0.5) is 0 Å². The van der Waals surface area contributed by atoms with E-state index in [0.717, 1.165) is 17.9 Å². The van der Waals surface area contributed by atoms with Crippen molar-refractivity contribution in [2.45, 2.75) is 46.2 Å². The predicted molar refractivity (Wildman–Crippen MR) is 86.8 cm³/mol. The summed E-state index contributed by atoms with van der Waals surface area (Å²) < 4.78 is 1.76. The van der Waals surface area contributed by atoms with Gasteiger partial charge in [0.25, 0.3) is 5.56 Å². The maximum atomic E-state index is 12.6. The first-order chi connectivity index (χ1) is 10.1. The van der Waals surface area contributed by atoms with Gasteiger partial charge in [0.2, 0.25) is 0 Å². The molecule has 2 rings (SSSR count). The fourth-order valence-corrected chi connectivity index (χ4v) is 2.71. The molecule has 1 heterocycles. The highest BCUT2D eigenvalue weighted by atomic mass is 35.5. The molecular weight excluding hydrogens is 286 g/mol. The lowest BCUT2D eigenvalue weighted by atomic mass is 10.2. The van der Waals surface area contributed by atoms with Crippen LogP contribution in [0, 0.1) is 0 Å². The number of benzene rings is 1. The van der Waals surface area contributed by atoms with Crippen molar-refractivity contribution in [3.63, 3.8) is 0 Å². The number of quaternary nitrogens is 1. The van der Waals surface area contributed by atoms with Crippen molar-refractivity contribution in [3.8, 4) is 0 Å². The zero-order chi connectivity index (χ0) is 15.4. The Labute approximate surface area is 130 Å². The molecular formula is C16H23ClN3O+. The van der Waals surface area contributed by atoms with Crippen LogP contribution in [-0.4, -0.2) is 16.1 Å². The van der Waals surface area contributed by atoms with Gasteiger partial charge in [-0.25, -0.2) is 4.98 Å². The molecule has 1 atom stereocenters. The van der Waals surface area contributed by atoms with Crippen LogP contribution in [0.15, 0.2) is 23.0 Å². The SMILES string of the molecule is CCCC[NH2+][C@H](C)c1nc2ccc(Cl)cc2c(=O)n1CC. The van der Waals surface area contributed by atoms with Crippen molar-refractivity contribution >= 4 is 22.5 Å². The maximum Gasteiger partial charge on any atom is 0.261 e. The van der Waals surface area contributed by atoms with E-state index < -0.39 is 0 Å². The van der Waals surface area contributed by atoms with Gasteiger partial charge in [0.1, 0.15) is 6.04 Å². The van der Waals surface area contributed by atoms with Gasteiger partial charge in [-0.3, -0.25) is 9.36 Å². The number of nitrogens with two attached hydrogens (primary N) is 1. The number of fused-ring (bicyclic) bond motifs is 1. The van der Waals surface area contributed by atoms with Crippen molar-refractivity contribution in [1.82, 2.24) is 9.55 Å². The van der Waals surface area contributed by atoms with E-state index in [1.165, 1.54) is 12.8 Å². The molecule has 2 aromatic rings. The van der Waals surface area contributed by atoms with Crippen molar-refractivity contribution in [2.24, 2.45) is 0 Å². The minimum Gasteiger partial charge on any atom is -0.338 e. The third-order valence-corrected chi connectivity index (χ3v) is 3.98. The van der Waals surface area contributed by atoms with Gasteiger partial charge in [0.05, 0.1) is 17.4 Å². The number of halogens is 1. The van der Waals surface area contributed by atoms with E-state index in [9.17, 15) is 4.79 Å². The normalized spacial score (nSPS) is 12.8. The number of unbranched alkanes of at least 4 members (excludes halogenated alkanes) is 1. The lowest BCUT2D eigenvalue weighted by Gasteiger charge is -2.16. The topological polar surface area (TPSA) is 51.5 Å². The van der Waals surface area contributed by atoms with Gasteiger partial charge in [-0.05, 0) is 38.5 Å². The summed E-state index contributed by atoms with van der Waals surface area (Å²) in [6, 6.07) is 5.47. The summed E-state index contributed by atoms with van der Waals surface area (Å²) in [5, 5.41) is 3.41. The Bertz CT molecular complexity index is 681. The van der Waals surface area contributed by atoms with Crippen LogP contribution in [-0.2, 0) is 6.54 Å². The van der Waals surface area contributed by atoms with Gasteiger partial charge < -0.3 is 5.32 Å². The molecule has 0 fully saturated rings. The largest absolute Gasteiger partial charge is 0.338 e. The van der Waals surface area contributed by atoms with Gasteiger partial charge in [-0.2, -0.15) is 0 Å². The Hall–Kier alpha value is -1.39. The first-order valence-corrected chi connectivity index (χ1v) is 7.99. The predicted octanol–water partition coefficient (Wildman–Crippen LogP) is 2.49. The smallest absolute Gasteiger partial charge is 0.261 e. The molecule has 5 heteroatoms. The fourth-order valence-electron chi connectivity index (χ4n) is 2.54. The molecule has 0 amide bonds. The van der Waals surface area contributed by atoms with Gasteiger partial charge in [0.15, 0.2) is 5.82 Å². The molecule has 0 aliphatic heterocycles. The van der Waals surface area contributed by atoms with Gasteiger partial charge in [0, 0.05) is 11.6 Å². The number of hydrogen-bond acceptors (Lipinski definition) is 2. The Morgan fingerprint density at radius 1 is 1.38 bits per heavy atom. The second kappa shape index (κ2) is 7.05. The highest BCUT2D eigenvalue weighted by molar-refractivity contribution is 6.31. The lowest BCUT2D eigenvalue weighted by Crippen LogP contribution is -2.85. The molecule has 0 aliphatic rings. The highest BCUT2D eigenvalue weighted by Crippen LogP contribution is 2.16. The Morgan fingerprint density at radius 2 is 2.14 bits per heavy atom. The monoisotopic (exact) mass is 308 g/mol. The van der Waals surface area contributed by atoms with Crippen molar-refractivity contribution < 1.29 is 5.32 Å². The van der Waals surface area contributed by atoms with E-state index in [4.69, 9.17) is 16.6 Å². The molecule has 0 bridgehead atoms. The second-order valence-electron chi connectivity index (χ2n) is 5.35. The average molecular weight is 309 g/mol. The van der Waals surface area contributed by atoms with Crippen molar-refractivity contribution in [1.29, 1.82) is 0 Å². The maximum absolute atomic E-state index is 12.6. The quantitative estimate of drug-likeness (QED) is 0.834. The summed E-state index contributed by atoms with van der Waals surface area (Å²) >= 11 is 5.99. The summed E-state index contributed by atoms with van der Waals surface area (Å²) in [4.78, 5) is 17.3. The molecule has 2 N–H and O–H groups in total. The first-order valence-electron chi connectivity index (χ1n) is 7.61. The third-order valence-electron chi connectivity index (χ3n) is 3.75. The van der Waals surface area contributed by atoms with E-state index in [0.29, 0.717) is 17.0 Å². The first kappa shape index (κ1) is 16.0. The average Bonchev–Trinajstić information content (AvgIpc) is 2.48. The zero-order valence-electron chi connectivity index (χ0n) is 12.9. The summed E-state index contributed by atoms with van der Waals surface area (Å²) in [5.74, 6) is 0.841. The standard InChI is InChI=1S/C16H22ClN3O/c1-4-6-9-18-11(3)15-19-14-8-7-12(17)10-13(14)16(21)20(15)5-2/h7-8,10-11,18H,4-6,9H2,1-3H3/p+1/t11-/m1/s1. The minimum absolute atomic E-state index is 0.00394. The van der Waals surface area contributed by atoms with Crippen LogP contribution in [0.2, 0.25) is 5.02 Å². The number of rotatable bonds is 6. The molecule has 0 spiro atoms. The van der Waals surface area contributed by atoms with E-state index >= 15 is 0 Å². The molecule has 114 valence electrons. The van der Waals surface area contributed by atoms with Crippen LogP contribution in [0.5, 0.6) is 0 Å². The molecule has 0 radical (unpaired) electrons. The second-order valence-corrected chi connectivity index (χ2v) is 5.78. The highest BCUT2D eigenvalue weighted by Gasteiger charge is 2.17. The molecule has 0 aliphatic carbocycles. The van der Waals surface area contributed by atoms with Gasteiger partial charge >= 0.3 is 0 Å². The van der Waals surface area contributed by atoms with Crippen LogP contribution in [0.1, 0.15) is 45.5 Å². The molecule has 21 heavy (non-hydrogen) atoms. The Balaban J connectivity index is 2.48. The lowest BCUT2D eigenvalue weighted by molar-refractivity contribution is -0.694. The minimum atomic E-state index is -0.00394. The number of nitrogens with zero attached hydrogens (tertiary/aromatic N) is 2. The van der Waals surface area contributed by atoms with Crippen molar-refractivity contribution in [3.05, 3.63) is 39.4 Å². The molecule has 0 saturated heterocycles. The number of aromatic nitrogens is 2. The van der Waals surface area contributed by atoms with Crippen LogP contribution < -0.4 is 10.9 Å². The summed E-state index contributed by atoms with van der Waals surface area (Å²) in [6.07, 6.45) is 2.34. The summed E-state index contributed by atoms with van der Waals surface area (Å²) in [6.45, 7) is 7.93. The number of hydrogen-bond donors (Lipinski definition) is 1. The zero-order valence-corrected chi connectivity index (χ0v) is 13.7. The molecule has 0 unspecified atom stereocenters. The molecule has 4 nitrogen and oxygen atoms in total. The van der Waals surface area contributed by atoms with Gasteiger partial charge in [-0.1, -0.05) is 24.9 Å². The summed E-state index contributed by atoms with van der Waals surface area (Å²) in [7, 11) is 0. The molecule has 0 saturated carbocycles. The third kappa shape index (κ3) is 3.44. The Kier molecular flexibility index (Phi) is 5.37. The van der Waals surface area contributed by atoms with Crippen LogP contribution >= 0.6 is 11.6 Å². The van der Waals surface area contributed by atoms with Gasteiger partial charge in [-0.15, -0.1) is 0 Å². The van der Waals surface area contributed by atoms with Crippen LogP contribution in [0.25, 0.3) is 10.9 Å². The van der Waals surface area contributed by atoms with E-state index in [1.54, 1.807) is 16.7 Å². The van der Waals surface area contributed by atoms with E-state index in [2.05, 4.69) is 19.2 Å². The fraction of sp³-hybridized carbons (Fsp3) is 0.500. The van der Waals surface area contributed by atoms with Crippen molar-refractivity contribution in [2.75, 3.05) is 6.54 Å². The Morgan fingerprint density at radius 3 is 2.81 bits per heavy atom. The van der Waals surface area contributed by atoms with Crippen LogP contribution in [0.3, 0.4) is 0 Å².